The van der Waals surface area contributed by atoms with Crippen molar-refractivity contribution < 1.29 is 14.3 Å². The molecule has 156 valence electrons. The Bertz CT molecular complexity index is 877. The van der Waals surface area contributed by atoms with Gasteiger partial charge in [0.1, 0.15) is 0 Å². The maximum atomic E-state index is 12.8. The van der Waals surface area contributed by atoms with Crippen LogP contribution in [0.3, 0.4) is 0 Å². The van der Waals surface area contributed by atoms with Crippen molar-refractivity contribution in [1.82, 2.24) is 4.90 Å². The van der Waals surface area contributed by atoms with E-state index >= 15 is 0 Å². The summed E-state index contributed by atoms with van der Waals surface area (Å²) in [5, 5.41) is 3.50. The first-order valence-corrected chi connectivity index (χ1v) is 10.3. The molecule has 1 heterocycles. The fourth-order valence-electron chi connectivity index (χ4n) is 3.96. The maximum Gasteiger partial charge on any atom is 0.224 e. The third-order valence-electron chi connectivity index (χ3n) is 5.64. The predicted molar refractivity (Wildman–Crippen MR) is 117 cm³/mol. The van der Waals surface area contributed by atoms with Crippen LogP contribution in [0.4, 0.5) is 5.69 Å². The minimum absolute atomic E-state index is 0.178. The number of aryl methyl sites for hydroxylation is 1. The Morgan fingerprint density at radius 1 is 1.14 bits per heavy atom. The number of benzene rings is 2. The second kappa shape index (κ2) is 9.21. The average Bonchev–Trinajstić information content (AvgIpc) is 2.72. The van der Waals surface area contributed by atoms with Crippen LogP contribution >= 0.6 is 0 Å². The lowest BCUT2D eigenvalue weighted by molar-refractivity contribution is -0.131. The number of anilines is 1. The van der Waals surface area contributed by atoms with Crippen LogP contribution in [0.15, 0.2) is 30.3 Å². The molecule has 29 heavy (non-hydrogen) atoms. The number of rotatable bonds is 7. The van der Waals surface area contributed by atoms with Gasteiger partial charge in [-0.2, -0.15) is 0 Å². The standard InChI is InChI=1S/C24H32N2O3/c1-16(2)20-8-6-7-17(3)24(20)25-11-9-23(27)26-12-10-18-13-21(28-4)22(29-5)14-19(18)15-26/h6-8,13-14,16,25H,9-12,15H2,1-5H3. The molecule has 2 aromatic carbocycles. The van der Waals surface area contributed by atoms with Crippen molar-refractivity contribution in [2.75, 3.05) is 32.6 Å². The largest absolute Gasteiger partial charge is 0.493 e. The van der Waals surface area contributed by atoms with Crippen molar-refractivity contribution in [1.29, 1.82) is 0 Å². The summed E-state index contributed by atoms with van der Waals surface area (Å²) in [6, 6.07) is 10.4. The molecule has 0 saturated heterocycles. The summed E-state index contributed by atoms with van der Waals surface area (Å²) in [6.45, 7) is 8.50. The lowest BCUT2D eigenvalue weighted by Gasteiger charge is -2.30. The van der Waals surface area contributed by atoms with E-state index in [2.05, 4.69) is 44.3 Å². The number of fused-ring (bicyclic) bond motifs is 1. The monoisotopic (exact) mass is 396 g/mol. The highest BCUT2D eigenvalue weighted by atomic mass is 16.5. The normalized spacial score (nSPS) is 13.2. The third kappa shape index (κ3) is 4.66. The summed E-state index contributed by atoms with van der Waals surface area (Å²) in [4.78, 5) is 14.8. The molecule has 0 spiro atoms. The third-order valence-corrected chi connectivity index (χ3v) is 5.64. The van der Waals surface area contributed by atoms with Gasteiger partial charge in [0.2, 0.25) is 5.91 Å². The molecular weight excluding hydrogens is 364 g/mol. The van der Waals surface area contributed by atoms with E-state index < -0.39 is 0 Å². The molecule has 0 unspecified atom stereocenters. The summed E-state index contributed by atoms with van der Waals surface area (Å²) in [6.07, 6.45) is 1.32. The number of nitrogens with zero attached hydrogens (tertiary/aromatic N) is 1. The minimum Gasteiger partial charge on any atom is -0.493 e. The maximum absolute atomic E-state index is 12.8. The molecule has 2 aromatic rings. The van der Waals surface area contributed by atoms with Gasteiger partial charge in [0.15, 0.2) is 11.5 Å². The molecule has 0 saturated carbocycles. The van der Waals surface area contributed by atoms with Crippen molar-refractivity contribution >= 4 is 11.6 Å². The fourth-order valence-corrected chi connectivity index (χ4v) is 3.96. The lowest BCUT2D eigenvalue weighted by Crippen LogP contribution is -2.36. The fraction of sp³-hybridized carbons (Fsp3) is 0.458. The van der Waals surface area contributed by atoms with E-state index in [4.69, 9.17) is 9.47 Å². The summed E-state index contributed by atoms with van der Waals surface area (Å²) in [5.74, 6) is 2.08. The first-order valence-electron chi connectivity index (χ1n) is 10.3. The van der Waals surface area contributed by atoms with Crippen molar-refractivity contribution in [3.8, 4) is 11.5 Å². The molecule has 0 atom stereocenters. The van der Waals surface area contributed by atoms with Gasteiger partial charge in [-0.3, -0.25) is 4.79 Å². The number of methoxy groups -OCH3 is 2. The number of ether oxygens (including phenoxy) is 2. The van der Waals surface area contributed by atoms with Gasteiger partial charge < -0.3 is 19.7 Å². The molecule has 0 fully saturated rings. The number of carbonyl (C=O) groups is 1. The zero-order chi connectivity index (χ0) is 21.0. The van der Waals surface area contributed by atoms with Gasteiger partial charge in [-0.15, -0.1) is 0 Å². The molecule has 0 bridgehead atoms. The summed E-state index contributed by atoms with van der Waals surface area (Å²) in [5.41, 5.74) is 6.04. The minimum atomic E-state index is 0.178. The van der Waals surface area contributed by atoms with Gasteiger partial charge >= 0.3 is 0 Å². The molecule has 1 aliphatic rings. The van der Waals surface area contributed by atoms with Crippen LogP contribution in [0, 0.1) is 6.92 Å². The first kappa shape index (κ1) is 21.0. The zero-order valence-corrected chi connectivity index (χ0v) is 18.2. The molecule has 5 nitrogen and oxygen atoms in total. The van der Waals surface area contributed by atoms with E-state index in [1.165, 1.54) is 16.7 Å². The van der Waals surface area contributed by atoms with Crippen molar-refractivity contribution in [2.45, 2.75) is 46.1 Å². The first-order chi connectivity index (χ1) is 13.9. The zero-order valence-electron chi connectivity index (χ0n) is 18.2. The highest BCUT2D eigenvalue weighted by Gasteiger charge is 2.22. The molecule has 3 rings (SSSR count). The summed E-state index contributed by atoms with van der Waals surface area (Å²) >= 11 is 0. The average molecular weight is 397 g/mol. The smallest absolute Gasteiger partial charge is 0.224 e. The highest BCUT2D eigenvalue weighted by Crippen LogP contribution is 2.33. The molecule has 0 aliphatic carbocycles. The van der Waals surface area contributed by atoms with Crippen molar-refractivity contribution in [3.63, 3.8) is 0 Å². The lowest BCUT2D eigenvalue weighted by atomic mass is 9.98. The Balaban J connectivity index is 1.62. The Morgan fingerprint density at radius 3 is 2.48 bits per heavy atom. The second-order valence-electron chi connectivity index (χ2n) is 7.91. The van der Waals surface area contributed by atoms with E-state index in [-0.39, 0.29) is 5.91 Å². The van der Waals surface area contributed by atoms with Crippen LogP contribution in [0.5, 0.6) is 11.5 Å². The van der Waals surface area contributed by atoms with Gasteiger partial charge in [-0.05, 0) is 53.6 Å². The molecule has 5 heteroatoms. The molecule has 0 aromatic heterocycles. The number of hydrogen-bond acceptors (Lipinski definition) is 4. The Morgan fingerprint density at radius 2 is 1.83 bits per heavy atom. The molecule has 1 aliphatic heterocycles. The van der Waals surface area contributed by atoms with Gasteiger partial charge in [-0.25, -0.2) is 0 Å². The van der Waals surface area contributed by atoms with Crippen molar-refractivity contribution in [3.05, 3.63) is 52.6 Å². The van der Waals surface area contributed by atoms with Crippen LogP contribution < -0.4 is 14.8 Å². The summed E-state index contributed by atoms with van der Waals surface area (Å²) in [7, 11) is 3.29. The Kier molecular flexibility index (Phi) is 6.68. The SMILES string of the molecule is COc1cc2c(cc1OC)CN(C(=O)CCNc1c(C)cccc1C(C)C)CC2. The van der Waals surface area contributed by atoms with Gasteiger partial charge in [0, 0.05) is 31.7 Å². The Labute approximate surface area is 174 Å². The molecule has 1 amide bonds. The van der Waals surface area contributed by atoms with Gasteiger partial charge in [-0.1, -0.05) is 32.0 Å². The van der Waals surface area contributed by atoms with Gasteiger partial charge in [0.05, 0.1) is 14.2 Å². The molecular formula is C24H32N2O3. The highest BCUT2D eigenvalue weighted by molar-refractivity contribution is 5.77. The number of amides is 1. The topological polar surface area (TPSA) is 50.8 Å². The number of para-hydroxylation sites is 1. The molecule has 0 radical (unpaired) electrons. The van der Waals surface area contributed by atoms with Crippen LogP contribution in [0.25, 0.3) is 0 Å². The quantitative estimate of drug-likeness (QED) is 0.747. The Hall–Kier alpha value is -2.69. The van der Waals surface area contributed by atoms with E-state index in [9.17, 15) is 4.79 Å². The van der Waals surface area contributed by atoms with Crippen LogP contribution in [-0.4, -0.2) is 38.1 Å². The van der Waals surface area contributed by atoms with Crippen LogP contribution in [-0.2, 0) is 17.8 Å². The van der Waals surface area contributed by atoms with Crippen molar-refractivity contribution in [2.24, 2.45) is 0 Å². The number of nitrogens with one attached hydrogen (secondary N) is 1. The van der Waals surface area contributed by atoms with Crippen LogP contribution in [0.1, 0.15) is 48.4 Å². The number of carbonyl (C=O) groups excluding carboxylic acids is 1. The second-order valence-corrected chi connectivity index (χ2v) is 7.91. The number of hydrogen-bond donors (Lipinski definition) is 1. The van der Waals surface area contributed by atoms with Crippen LogP contribution in [0.2, 0.25) is 0 Å². The van der Waals surface area contributed by atoms with E-state index in [0.717, 1.165) is 30.0 Å². The predicted octanol–water partition coefficient (Wildman–Crippen LogP) is 4.52. The van der Waals surface area contributed by atoms with E-state index in [0.29, 0.717) is 31.2 Å². The van der Waals surface area contributed by atoms with Gasteiger partial charge in [0.25, 0.3) is 0 Å². The molecule has 1 N–H and O–H groups in total. The van der Waals surface area contributed by atoms with E-state index in [1.54, 1.807) is 14.2 Å². The summed E-state index contributed by atoms with van der Waals surface area (Å²) < 4.78 is 10.8. The van der Waals surface area contributed by atoms with E-state index in [1.807, 2.05) is 17.0 Å².